The van der Waals surface area contributed by atoms with Crippen LogP contribution in [0.3, 0.4) is 0 Å². The lowest BCUT2D eigenvalue weighted by molar-refractivity contribution is -0.0504. The smallest absolute Gasteiger partial charge is 0.248 e. The maximum absolute atomic E-state index is 13.4. The van der Waals surface area contributed by atoms with Gasteiger partial charge < -0.3 is 5.32 Å². The third-order valence-electron chi connectivity index (χ3n) is 4.59. The Bertz CT molecular complexity index is 412. The Morgan fingerprint density at radius 3 is 2.62 bits per heavy atom. The molecule has 2 atom stereocenters. The van der Waals surface area contributed by atoms with E-state index in [9.17, 15) is 8.78 Å². The van der Waals surface area contributed by atoms with Crippen LogP contribution < -0.4 is 5.32 Å². The van der Waals surface area contributed by atoms with Crippen LogP contribution in [-0.2, 0) is 0 Å². The first kappa shape index (κ1) is 16.3. The van der Waals surface area contributed by atoms with Crippen LogP contribution in [-0.4, -0.2) is 23.5 Å². The molecule has 21 heavy (non-hydrogen) atoms. The average Bonchev–Trinajstić information content (AvgIpc) is 2.49. The van der Waals surface area contributed by atoms with Crippen LogP contribution in [0.15, 0.2) is 24.4 Å². The molecule has 1 N–H and O–H groups in total. The molecule has 2 unspecified atom stereocenters. The van der Waals surface area contributed by atoms with Crippen molar-refractivity contribution in [2.75, 3.05) is 6.54 Å². The summed E-state index contributed by atoms with van der Waals surface area (Å²) < 4.78 is 26.8. The largest absolute Gasteiger partial charge is 0.313 e. The highest BCUT2D eigenvalue weighted by Gasteiger charge is 2.39. The molecule has 0 aromatic carbocycles. The Morgan fingerprint density at radius 2 is 2.05 bits per heavy atom. The maximum Gasteiger partial charge on any atom is 0.248 e. The Labute approximate surface area is 126 Å². The minimum absolute atomic E-state index is 0.0247. The molecule has 1 heterocycles. The molecule has 0 spiro atoms. The van der Waals surface area contributed by atoms with Gasteiger partial charge in [0.05, 0.1) is 0 Å². The molecule has 0 amide bonds. The monoisotopic (exact) mass is 296 g/mol. The van der Waals surface area contributed by atoms with E-state index >= 15 is 0 Å². The van der Waals surface area contributed by atoms with Gasteiger partial charge >= 0.3 is 0 Å². The van der Waals surface area contributed by atoms with Crippen LogP contribution in [0.25, 0.3) is 0 Å². The van der Waals surface area contributed by atoms with E-state index in [0.717, 1.165) is 18.7 Å². The Kier molecular flexibility index (Phi) is 5.68. The average molecular weight is 296 g/mol. The second-order valence-corrected chi connectivity index (χ2v) is 6.22. The quantitative estimate of drug-likeness (QED) is 0.842. The zero-order chi connectivity index (χ0) is 15.3. The molecular formula is C17H26F2N2. The van der Waals surface area contributed by atoms with Gasteiger partial charge in [0, 0.05) is 36.7 Å². The lowest BCUT2D eigenvalue weighted by Crippen LogP contribution is -2.43. The summed E-state index contributed by atoms with van der Waals surface area (Å²) in [4.78, 5) is 4.44. The normalized spacial score (nSPS) is 21.9. The molecule has 1 aliphatic carbocycles. The Morgan fingerprint density at radius 1 is 1.33 bits per heavy atom. The predicted octanol–water partition coefficient (Wildman–Crippen LogP) is 4.38. The first-order valence-electron chi connectivity index (χ1n) is 8.05. The SMILES string of the molecule is CCCNC(C1CCC(F)(F)CC1)C(C)c1ccccn1. The predicted molar refractivity (Wildman–Crippen MR) is 81.6 cm³/mol. The fourth-order valence-electron chi connectivity index (χ4n) is 3.31. The highest BCUT2D eigenvalue weighted by molar-refractivity contribution is 5.12. The number of aromatic nitrogens is 1. The summed E-state index contributed by atoms with van der Waals surface area (Å²) >= 11 is 0. The molecule has 1 aromatic heterocycles. The molecule has 1 saturated carbocycles. The number of alkyl halides is 2. The lowest BCUT2D eigenvalue weighted by Gasteiger charge is -2.37. The molecule has 1 aromatic rings. The standard InChI is InChI=1S/C17H26F2N2/c1-3-11-21-16(13(2)15-6-4-5-12-20-15)14-7-9-17(18,19)10-8-14/h4-6,12-14,16,21H,3,7-11H2,1-2H3. The van der Waals surface area contributed by atoms with Crippen LogP contribution in [0.4, 0.5) is 8.78 Å². The highest BCUT2D eigenvalue weighted by Crippen LogP contribution is 2.40. The minimum Gasteiger partial charge on any atom is -0.313 e. The van der Waals surface area contributed by atoms with Crippen LogP contribution >= 0.6 is 0 Å². The summed E-state index contributed by atoms with van der Waals surface area (Å²) in [6.07, 6.45) is 4.11. The van der Waals surface area contributed by atoms with Gasteiger partial charge in [0.1, 0.15) is 0 Å². The first-order chi connectivity index (χ1) is 10.0. The number of halogens is 2. The van der Waals surface area contributed by atoms with Gasteiger partial charge in [-0.2, -0.15) is 0 Å². The summed E-state index contributed by atoms with van der Waals surface area (Å²) in [5.41, 5.74) is 1.04. The van der Waals surface area contributed by atoms with Gasteiger partial charge in [-0.1, -0.05) is 19.9 Å². The van der Waals surface area contributed by atoms with E-state index in [-0.39, 0.29) is 24.8 Å². The van der Waals surface area contributed by atoms with Crippen LogP contribution in [0.5, 0.6) is 0 Å². The van der Waals surface area contributed by atoms with Crippen molar-refractivity contribution < 1.29 is 8.78 Å². The van der Waals surface area contributed by atoms with Gasteiger partial charge in [-0.05, 0) is 43.9 Å². The van der Waals surface area contributed by atoms with Gasteiger partial charge in [-0.25, -0.2) is 8.78 Å². The van der Waals surface area contributed by atoms with Crippen molar-refractivity contribution in [3.05, 3.63) is 30.1 Å². The van der Waals surface area contributed by atoms with Gasteiger partial charge in [-0.15, -0.1) is 0 Å². The van der Waals surface area contributed by atoms with E-state index in [0.29, 0.717) is 18.8 Å². The van der Waals surface area contributed by atoms with Gasteiger partial charge in [0.15, 0.2) is 0 Å². The fraction of sp³-hybridized carbons (Fsp3) is 0.706. The number of hydrogen-bond donors (Lipinski definition) is 1. The van der Waals surface area contributed by atoms with Gasteiger partial charge in [-0.3, -0.25) is 4.98 Å². The molecule has 4 heteroatoms. The van der Waals surface area contributed by atoms with Gasteiger partial charge in [0.2, 0.25) is 5.92 Å². The second-order valence-electron chi connectivity index (χ2n) is 6.22. The highest BCUT2D eigenvalue weighted by atomic mass is 19.3. The molecule has 1 fully saturated rings. The lowest BCUT2D eigenvalue weighted by atomic mass is 9.77. The van der Waals surface area contributed by atoms with E-state index < -0.39 is 5.92 Å². The number of hydrogen-bond acceptors (Lipinski definition) is 2. The Hall–Kier alpha value is -1.03. The molecule has 118 valence electrons. The van der Waals surface area contributed by atoms with Crippen molar-refractivity contribution in [3.63, 3.8) is 0 Å². The zero-order valence-electron chi connectivity index (χ0n) is 13.0. The summed E-state index contributed by atoms with van der Waals surface area (Å²) in [7, 11) is 0. The van der Waals surface area contributed by atoms with E-state index in [1.165, 1.54) is 0 Å². The van der Waals surface area contributed by atoms with E-state index in [1.807, 2.05) is 18.2 Å². The molecular weight excluding hydrogens is 270 g/mol. The summed E-state index contributed by atoms with van der Waals surface area (Å²) in [6, 6.07) is 6.16. The molecule has 2 nitrogen and oxygen atoms in total. The van der Waals surface area contributed by atoms with Crippen LogP contribution in [0, 0.1) is 5.92 Å². The maximum atomic E-state index is 13.4. The molecule has 0 aliphatic heterocycles. The van der Waals surface area contributed by atoms with E-state index in [1.54, 1.807) is 6.20 Å². The van der Waals surface area contributed by atoms with Crippen LogP contribution in [0.2, 0.25) is 0 Å². The van der Waals surface area contributed by atoms with Crippen molar-refractivity contribution in [1.82, 2.24) is 10.3 Å². The molecule has 2 rings (SSSR count). The van der Waals surface area contributed by atoms with Crippen molar-refractivity contribution >= 4 is 0 Å². The second kappa shape index (κ2) is 7.30. The molecule has 1 aliphatic rings. The minimum atomic E-state index is -2.46. The zero-order valence-corrected chi connectivity index (χ0v) is 13.0. The van der Waals surface area contributed by atoms with E-state index in [2.05, 4.69) is 24.1 Å². The fourth-order valence-corrected chi connectivity index (χ4v) is 3.31. The third-order valence-corrected chi connectivity index (χ3v) is 4.59. The summed E-state index contributed by atoms with van der Waals surface area (Å²) in [5.74, 6) is -1.90. The first-order valence-corrected chi connectivity index (χ1v) is 8.05. The number of nitrogens with one attached hydrogen (secondary N) is 1. The van der Waals surface area contributed by atoms with Crippen molar-refractivity contribution in [1.29, 1.82) is 0 Å². The number of rotatable bonds is 6. The Balaban J connectivity index is 2.07. The number of pyridine rings is 1. The van der Waals surface area contributed by atoms with E-state index in [4.69, 9.17) is 0 Å². The van der Waals surface area contributed by atoms with Gasteiger partial charge in [0.25, 0.3) is 0 Å². The van der Waals surface area contributed by atoms with Crippen molar-refractivity contribution in [3.8, 4) is 0 Å². The summed E-state index contributed by atoms with van der Waals surface area (Å²) in [5, 5.41) is 3.58. The number of nitrogens with zero attached hydrogens (tertiary/aromatic N) is 1. The molecule has 0 bridgehead atoms. The topological polar surface area (TPSA) is 24.9 Å². The molecule has 0 saturated heterocycles. The van der Waals surface area contributed by atoms with Crippen molar-refractivity contribution in [2.45, 2.75) is 63.8 Å². The summed E-state index contributed by atoms with van der Waals surface area (Å²) in [6.45, 7) is 5.21. The third kappa shape index (κ3) is 4.47. The molecule has 0 radical (unpaired) electrons. The van der Waals surface area contributed by atoms with Crippen molar-refractivity contribution in [2.24, 2.45) is 5.92 Å². The van der Waals surface area contributed by atoms with Crippen LogP contribution in [0.1, 0.15) is 57.6 Å².